The predicted molar refractivity (Wildman–Crippen MR) is 123 cm³/mol. The van der Waals surface area contributed by atoms with Crippen LogP contribution in [0.5, 0.6) is 5.75 Å². The van der Waals surface area contributed by atoms with Gasteiger partial charge in [-0.1, -0.05) is 51.1 Å². The van der Waals surface area contributed by atoms with Crippen LogP contribution in [0.25, 0.3) is 0 Å². The minimum Gasteiger partial charge on any atom is -0.496 e. The average molecular weight is 461 g/mol. The summed E-state index contributed by atoms with van der Waals surface area (Å²) >= 11 is 0. The molecule has 2 aromatic carbocycles. The number of hydrogen-bond donors (Lipinski definition) is 1. The van der Waals surface area contributed by atoms with E-state index >= 15 is 0 Å². The van der Waals surface area contributed by atoms with Gasteiger partial charge in [0.15, 0.2) is 0 Å². The Hall–Kier alpha value is -2.42. The summed E-state index contributed by atoms with van der Waals surface area (Å²) in [6.07, 6.45) is 0.719. The molecule has 8 heteroatoms. The second kappa shape index (κ2) is 10.0. The lowest BCUT2D eigenvalue weighted by molar-refractivity contribution is 0.0730. The number of morpholine rings is 1. The van der Waals surface area contributed by atoms with E-state index in [4.69, 9.17) is 9.47 Å². The normalized spacial score (nSPS) is 16.4. The molecule has 3 rings (SSSR count). The fourth-order valence-electron chi connectivity index (χ4n) is 3.75. The zero-order valence-electron chi connectivity index (χ0n) is 19.1. The standard InChI is InChI=1S/C24H32N2O5S/c1-24(2,3)17-21(18-8-6-5-7-9-18)25-23(27)20-16-19(10-11-22(20)30-4)32(28,29)26-12-14-31-15-13-26/h5-11,16,21H,12-15,17H2,1-4H3,(H,25,27). The molecule has 174 valence electrons. The van der Waals surface area contributed by atoms with Crippen LogP contribution in [-0.4, -0.2) is 52.0 Å². The summed E-state index contributed by atoms with van der Waals surface area (Å²) in [5, 5.41) is 3.09. The van der Waals surface area contributed by atoms with Crippen molar-refractivity contribution < 1.29 is 22.7 Å². The van der Waals surface area contributed by atoms with Gasteiger partial charge < -0.3 is 14.8 Å². The van der Waals surface area contributed by atoms with Gasteiger partial charge in [-0.3, -0.25) is 4.79 Å². The lowest BCUT2D eigenvalue weighted by Crippen LogP contribution is -2.40. The number of nitrogens with zero attached hydrogens (tertiary/aromatic N) is 1. The highest BCUT2D eigenvalue weighted by Crippen LogP contribution is 2.31. The Labute approximate surface area is 190 Å². The molecule has 1 amide bonds. The summed E-state index contributed by atoms with van der Waals surface area (Å²) in [5.74, 6) is -0.0509. The van der Waals surface area contributed by atoms with Crippen LogP contribution in [0.15, 0.2) is 53.4 Å². The van der Waals surface area contributed by atoms with Crippen molar-refractivity contribution in [3.63, 3.8) is 0 Å². The molecule has 1 N–H and O–H groups in total. The minimum absolute atomic E-state index is 0.0284. The molecule has 0 spiro atoms. The highest BCUT2D eigenvalue weighted by Gasteiger charge is 2.29. The molecule has 2 aromatic rings. The van der Waals surface area contributed by atoms with Gasteiger partial charge in [0.25, 0.3) is 5.91 Å². The maximum Gasteiger partial charge on any atom is 0.255 e. The third-order valence-electron chi connectivity index (χ3n) is 5.35. The van der Waals surface area contributed by atoms with Crippen LogP contribution in [0.3, 0.4) is 0 Å². The van der Waals surface area contributed by atoms with Crippen molar-refractivity contribution in [2.75, 3.05) is 33.4 Å². The molecular formula is C24H32N2O5S. The first kappa shape index (κ1) is 24.2. The van der Waals surface area contributed by atoms with Gasteiger partial charge in [0.1, 0.15) is 5.75 Å². The smallest absolute Gasteiger partial charge is 0.255 e. The van der Waals surface area contributed by atoms with Crippen LogP contribution in [0.2, 0.25) is 0 Å². The molecule has 0 aliphatic carbocycles. The second-order valence-electron chi connectivity index (χ2n) is 9.08. The lowest BCUT2D eigenvalue weighted by atomic mass is 9.85. The molecule has 7 nitrogen and oxygen atoms in total. The number of amides is 1. The minimum atomic E-state index is -3.73. The molecule has 1 atom stereocenters. The fraction of sp³-hybridized carbons (Fsp3) is 0.458. The van der Waals surface area contributed by atoms with Crippen molar-refractivity contribution in [3.8, 4) is 5.75 Å². The number of sulfonamides is 1. The van der Waals surface area contributed by atoms with Gasteiger partial charge in [-0.2, -0.15) is 4.31 Å². The number of hydrogen-bond acceptors (Lipinski definition) is 5. The molecule has 1 heterocycles. The SMILES string of the molecule is COc1ccc(S(=O)(=O)N2CCOCC2)cc1C(=O)NC(CC(C)(C)C)c1ccccc1. The Balaban J connectivity index is 1.92. The Kier molecular flexibility index (Phi) is 7.59. The molecule has 0 aromatic heterocycles. The molecule has 0 radical (unpaired) electrons. The zero-order chi connectivity index (χ0) is 23.4. The summed E-state index contributed by atoms with van der Waals surface area (Å²) in [6.45, 7) is 7.64. The molecule has 1 aliphatic rings. The quantitative estimate of drug-likeness (QED) is 0.682. The number of ether oxygens (including phenoxy) is 2. The predicted octanol–water partition coefficient (Wildman–Crippen LogP) is 3.62. The summed E-state index contributed by atoms with van der Waals surface area (Å²) in [7, 11) is -2.27. The van der Waals surface area contributed by atoms with Crippen molar-refractivity contribution in [3.05, 3.63) is 59.7 Å². The van der Waals surface area contributed by atoms with E-state index in [1.54, 1.807) is 0 Å². The maximum absolute atomic E-state index is 13.3. The molecule has 1 unspecified atom stereocenters. The number of rotatable bonds is 7. The Morgan fingerprint density at radius 2 is 1.78 bits per heavy atom. The van der Waals surface area contributed by atoms with Gasteiger partial charge in [0.05, 0.1) is 36.8 Å². The van der Waals surface area contributed by atoms with E-state index in [1.165, 1.54) is 29.6 Å². The second-order valence-corrected chi connectivity index (χ2v) is 11.0. The number of carbonyl (C=O) groups excluding carboxylic acids is 1. The van der Waals surface area contributed by atoms with Crippen LogP contribution >= 0.6 is 0 Å². The molecular weight excluding hydrogens is 428 g/mol. The van der Waals surface area contributed by atoms with E-state index in [2.05, 4.69) is 26.1 Å². The fourth-order valence-corrected chi connectivity index (χ4v) is 5.18. The van der Waals surface area contributed by atoms with Gasteiger partial charge >= 0.3 is 0 Å². The zero-order valence-corrected chi connectivity index (χ0v) is 19.9. The van der Waals surface area contributed by atoms with Crippen LogP contribution in [0, 0.1) is 5.41 Å². The first-order chi connectivity index (χ1) is 15.1. The monoisotopic (exact) mass is 460 g/mol. The van der Waals surface area contributed by atoms with E-state index in [-0.39, 0.29) is 40.9 Å². The molecule has 1 saturated heterocycles. The summed E-state index contributed by atoms with van der Waals surface area (Å²) in [4.78, 5) is 13.4. The number of benzene rings is 2. The van der Waals surface area contributed by atoms with Crippen LogP contribution < -0.4 is 10.1 Å². The van der Waals surface area contributed by atoms with Crippen LogP contribution in [-0.2, 0) is 14.8 Å². The Morgan fingerprint density at radius 1 is 1.12 bits per heavy atom. The summed E-state index contributed by atoms with van der Waals surface area (Å²) in [6, 6.07) is 13.9. The molecule has 0 bridgehead atoms. The Morgan fingerprint density at radius 3 is 2.38 bits per heavy atom. The van der Waals surface area contributed by atoms with Gasteiger partial charge in [0, 0.05) is 13.1 Å². The first-order valence-corrected chi connectivity index (χ1v) is 12.2. The number of nitrogens with one attached hydrogen (secondary N) is 1. The molecule has 32 heavy (non-hydrogen) atoms. The van der Waals surface area contributed by atoms with E-state index in [0.29, 0.717) is 19.0 Å². The molecule has 1 aliphatic heterocycles. The highest BCUT2D eigenvalue weighted by molar-refractivity contribution is 7.89. The summed E-state index contributed by atoms with van der Waals surface area (Å²) in [5.41, 5.74) is 1.16. The molecule has 1 fully saturated rings. The topological polar surface area (TPSA) is 84.9 Å². The number of methoxy groups -OCH3 is 1. The Bertz CT molecular complexity index is 1030. The largest absolute Gasteiger partial charge is 0.496 e. The van der Waals surface area contributed by atoms with E-state index in [9.17, 15) is 13.2 Å². The van der Waals surface area contributed by atoms with Gasteiger partial charge in [0.2, 0.25) is 10.0 Å². The average Bonchev–Trinajstić information content (AvgIpc) is 2.78. The number of carbonyl (C=O) groups is 1. The van der Waals surface area contributed by atoms with Crippen molar-refractivity contribution >= 4 is 15.9 Å². The van der Waals surface area contributed by atoms with Crippen LogP contribution in [0.4, 0.5) is 0 Å². The van der Waals surface area contributed by atoms with Gasteiger partial charge in [-0.25, -0.2) is 8.42 Å². The van der Waals surface area contributed by atoms with Gasteiger partial charge in [-0.15, -0.1) is 0 Å². The third kappa shape index (κ3) is 5.88. The van der Waals surface area contributed by atoms with Crippen molar-refractivity contribution in [2.45, 2.75) is 38.1 Å². The van der Waals surface area contributed by atoms with E-state index in [1.807, 2.05) is 30.3 Å². The lowest BCUT2D eigenvalue weighted by Gasteiger charge is -2.28. The van der Waals surface area contributed by atoms with Crippen LogP contribution in [0.1, 0.15) is 49.2 Å². The van der Waals surface area contributed by atoms with Crippen molar-refractivity contribution in [1.82, 2.24) is 9.62 Å². The highest BCUT2D eigenvalue weighted by atomic mass is 32.2. The summed E-state index contributed by atoms with van der Waals surface area (Å²) < 4.78 is 38.2. The molecule has 0 saturated carbocycles. The van der Waals surface area contributed by atoms with Crippen molar-refractivity contribution in [1.29, 1.82) is 0 Å². The van der Waals surface area contributed by atoms with E-state index < -0.39 is 10.0 Å². The van der Waals surface area contributed by atoms with E-state index in [0.717, 1.165) is 12.0 Å². The van der Waals surface area contributed by atoms with Crippen molar-refractivity contribution in [2.24, 2.45) is 5.41 Å². The first-order valence-electron chi connectivity index (χ1n) is 10.7. The maximum atomic E-state index is 13.3. The van der Waals surface area contributed by atoms with Gasteiger partial charge in [-0.05, 0) is 35.6 Å². The third-order valence-corrected chi connectivity index (χ3v) is 7.24.